The highest BCUT2D eigenvalue weighted by Crippen LogP contribution is 2.46. The summed E-state index contributed by atoms with van der Waals surface area (Å²) in [6, 6.07) is 2.16. The van der Waals surface area contributed by atoms with Crippen LogP contribution in [0.1, 0.15) is 49.1 Å². The summed E-state index contributed by atoms with van der Waals surface area (Å²) < 4.78 is 0. The van der Waals surface area contributed by atoms with E-state index in [-0.39, 0.29) is 17.8 Å². The molecular formula is C15H21N3O2S. The van der Waals surface area contributed by atoms with Gasteiger partial charge in [0.1, 0.15) is 5.41 Å². The summed E-state index contributed by atoms with van der Waals surface area (Å²) >= 11 is 1.75. The van der Waals surface area contributed by atoms with Gasteiger partial charge in [-0.1, -0.05) is 12.1 Å². The second kappa shape index (κ2) is 5.33. The molecule has 5 nitrogen and oxygen atoms in total. The molecule has 1 aromatic rings. The molecule has 3 rings (SSSR count). The van der Waals surface area contributed by atoms with Gasteiger partial charge in [0, 0.05) is 4.88 Å². The van der Waals surface area contributed by atoms with Crippen LogP contribution >= 0.6 is 11.3 Å². The lowest BCUT2D eigenvalue weighted by atomic mass is 9.61. The minimum absolute atomic E-state index is 0.0412. The van der Waals surface area contributed by atoms with E-state index in [1.807, 2.05) is 0 Å². The summed E-state index contributed by atoms with van der Waals surface area (Å²) in [5.74, 6) is 0.374. The highest BCUT2D eigenvalue weighted by molar-refractivity contribution is 7.10. The van der Waals surface area contributed by atoms with Crippen LogP contribution in [-0.4, -0.2) is 17.0 Å². The third-order valence-corrected chi connectivity index (χ3v) is 5.78. The first-order valence-electron chi connectivity index (χ1n) is 7.42. The number of aryl methyl sites for hydroxylation is 1. The van der Waals surface area contributed by atoms with E-state index in [9.17, 15) is 4.79 Å². The summed E-state index contributed by atoms with van der Waals surface area (Å²) in [5.41, 5.74) is 6.22. The standard InChI is InChI=1S/C15H21N3O2S/c1-9-7-15(8-9,13(16)18-20)14(19)17-11-3-2-4-12-10(11)5-6-21-12/h5-6,9,11,20H,2-4,7-8H2,1H3,(H2,16,18)(H,17,19). The lowest BCUT2D eigenvalue weighted by Crippen LogP contribution is -2.57. The van der Waals surface area contributed by atoms with Crippen LogP contribution in [-0.2, 0) is 11.2 Å². The Morgan fingerprint density at radius 1 is 1.57 bits per heavy atom. The average Bonchev–Trinajstić information content (AvgIpc) is 2.92. The summed E-state index contributed by atoms with van der Waals surface area (Å²) in [6.45, 7) is 2.08. The van der Waals surface area contributed by atoms with Crippen molar-refractivity contribution in [1.82, 2.24) is 5.32 Å². The zero-order valence-electron chi connectivity index (χ0n) is 12.1. The molecule has 114 valence electrons. The van der Waals surface area contributed by atoms with E-state index < -0.39 is 5.41 Å². The van der Waals surface area contributed by atoms with Crippen molar-refractivity contribution >= 4 is 23.1 Å². The Bertz CT molecular complexity index is 575. The molecule has 1 amide bonds. The first-order valence-corrected chi connectivity index (χ1v) is 8.30. The molecule has 2 aliphatic rings. The molecule has 2 aliphatic carbocycles. The van der Waals surface area contributed by atoms with E-state index in [0.717, 1.165) is 19.3 Å². The van der Waals surface area contributed by atoms with Gasteiger partial charge >= 0.3 is 0 Å². The molecule has 1 unspecified atom stereocenters. The largest absolute Gasteiger partial charge is 0.409 e. The number of rotatable bonds is 3. The van der Waals surface area contributed by atoms with Crippen LogP contribution in [0.2, 0.25) is 0 Å². The fourth-order valence-electron chi connectivity index (χ4n) is 3.67. The van der Waals surface area contributed by atoms with Crippen LogP contribution in [0.5, 0.6) is 0 Å². The van der Waals surface area contributed by atoms with Gasteiger partial charge < -0.3 is 16.3 Å². The van der Waals surface area contributed by atoms with E-state index >= 15 is 0 Å². The number of fused-ring (bicyclic) bond motifs is 1. The molecule has 1 aromatic heterocycles. The van der Waals surface area contributed by atoms with Crippen LogP contribution in [0.25, 0.3) is 0 Å². The zero-order chi connectivity index (χ0) is 15.0. The molecule has 4 N–H and O–H groups in total. The fraction of sp³-hybridized carbons (Fsp3) is 0.600. The number of amides is 1. The highest BCUT2D eigenvalue weighted by atomic mass is 32.1. The topological polar surface area (TPSA) is 87.7 Å². The highest BCUT2D eigenvalue weighted by Gasteiger charge is 2.52. The van der Waals surface area contributed by atoms with Crippen molar-refractivity contribution in [1.29, 1.82) is 0 Å². The molecule has 0 aromatic carbocycles. The Hall–Kier alpha value is -1.56. The predicted molar refractivity (Wildman–Crippen MR) is 82.4 cm³/mol. The van der Waals surface area contributed by atoms with E-state index in [1.165, 1.54) is 10.4 Å². The Balaban J connectivity index is 1.78. The third-order valence-electron chi connectivity index (χ3n) is 4.78. The number of nitrogens with one attached hydrogen (secondary N) is 1. The van der Waals surface area contributed by atoms with Gasteiger partial charge in [-0.2, -0.15) is 0 Å². The first kappa shape index (κ1) is 14.4. The van der Waals surface area contributed by atoms with Gasteiger partial charge in [-0.15, -0.1) is 11.3 Å². The molecule has 1 fully saturated rings. The molecule has 21 heavy (non-hydrogen) atoms. The number of nitrogens with two attached hydrogens (primary N) is 1. The molecule has 1 saturated carbocycles. The van der Waals surface area contributed by atoms with Gasteiger partial charge in [-0.3, -0.25) is 4.79 Å². The smallest absolute Gasteiger partial charge is 0.234 e. The monoisotopic (exact) mass is 307 g/mol. The maximum atomic E-state index is 12.7. The van der Waals surface area contributed by atoms with Crippen LogP contribution < -0.4 is 11.1 Å². The van der Waals surface area contributed by atoms with Gasteiger partial charge in [0.15, 0.2) is 5.84 Å². The number of oxime groups is 1. The van der Waals surface area contributed by atoms with Gasteiger partial charge in [0.2, 0.25) is 5.91 Å². The van der Waals surface area contributed by atoms with Gasteiger partial charge in [0.05, 0.1) is 6.04 Å². The fourth-order valence-corrected chi connectivity index (χ4v) is 4.66. The van der Waals surface area contributed by atoms with Gasteiger partial charge in [0.25, 0.3) is 0 Å². The van der Waals surface area contributed by atoms with E-state index in [2.05, 4.69) is 28.8 Å². The average molecular weight is 307 g/mol. The molecular weight excluding hydrogens is 286 g/mol. The molecule has 1 heterocycles. The number of thiophene rings is 1. The second-order valence-electron chi connectivity index (χ2n) is 6.30. The molecule has 0 spiro atoms. The molecule has 0 radical (unpaired) electrons. The summed E-state index contributed by atoms with van der Waals surface area (Å²) in [5, 5.41) is 17.3. The summed E-state index contributed by atoms with van der Waals surface area (Å²) in [7, 11) is 0. The third kappa shape index (κ3) is 2.31. The first-order chi connectivity index (χ1) is 10.1. The number of carbonyl (C=O) groups is 1. The lowest BCUT2D eigenvalue weighted by molar-refractivity contribution is -0.134. The molecule has 1 atom stereocenters. The van der Waals surface area contributed by atoms with Crippen molar-refractivity contribution in [3.05, 3.63) is 21.9 Å². The van der Waals surface area contributed by atoms with Crippen molar-refractivity contribution in [2.45, 2.75) is 45.1 Å². The Labute approximate surface area is 128 Å². The van der Waals surface area contributed by atoms with E-state index in [4.69, 9.17) is 10.9 Å². The minimum Gasteiger partial charge on any atom is -0.409 e. The van der Waals surface area contributed by atoms with Crippen molar-refractivity contribution < 1.29 is 10.0 Å². The van der Waals surface area contributed by atoms with Gasteiger partial charge in [-0.25, -0.2) is 0 Å². The number of hydrogen-bond acceptors (Lipinski definition) is 4. The van der Waals surface area contributed by atoms with Crippen molar-refractivity contribution in [3.8, 4) is 0 Å². The maximum absolute atomic E-state index is 12.7. The zero-order valence-corrected chi connectivity index (χ0v) is 12.9. The van der Waals surface area contributed by atoms with E-state index in [1.54, 1.807) is 11.3 Å². The maximum Gasteiger partial charge on any atom is 0.234 e. The number of nitrogens with zero attached hydrogens (tertiary/aromatic N) is 1. The quantitative estimate of drug-likeness (QED) is 0.347. The van der Waals surface area contributed by atoms with Crippen LogP contribution in [0.4, 0.5) is 0 Å². The van der Waals surface area contributed by atoms with Gasteiger partial charge in [-0.05, 0) is 55.0 Å². The molecule has 6 heteroatoms. The number of carbonyl (C=O) groups excluding carboxylic acids is 1. The number of hydrogen-bond donors (Lipinski definition) is 3. The Morgan fingerprint density at radius 3 is 3.00 bits per heavy atom. The number of amidine groups is 1. The van der Waals surface area contributed by atoms with Crippen molar-refractivity contribution in [2.75, 3.05) is 0 Å². The molecule has 0 bridgehead atoms. The molecule has 0 saturated heterocycles. The summed E-state index contributed by atoms with van der Waals surface area (Å²) in [6.07, 6.45) is 4.44. The minimum atomic E-state index is -0.818. The van der Waals surface area contributed by atoms with Crippen molar-refractivity contribution in [3.63, 3.8) is 0 Å². The van der Waals surface area contributed by atoms with Crippen LogP contribution in [0, 0.1) is 11.3 Å². The van der Waals surface area contributed by atoms with Crippen molar-refractivity contribution in [2.24, 2.45) is 22.2 Å². The second-order valence-corrected chi connectivity index (χ2v) is 7.30. The summed E-state index contributed by atoms with van der Waals surface area (Å²) in [4.78, 5) is 14.1. The van der Waals surface area contributed by atoms with Crippen LogP contribution in [0.15, 0.2) is 16.6 Å². The predicted octanol–water partition coefficient (Wildman–Crippen LogP) is 2.40. The van der Waals surface area contributed by atoms with E-state index in [0.29, 0.717) is 18.8 Å². The SMILES string of the molecule is CC1CC(C(=O)NC2CCCc3sccc32)(/C(N)=N/O)C1. The van der Waals surface area contributed by atoms with Crippen LogP contribution in [0.3, 0.4) is 0 Å². The normalized spacial score (nSPS) is 32.1. The lowest BCUT2D eigenvalue weighted by Gasteiger charge is -2.44. The Kier molecular flexibility index (Phi) is 3.65. The molecule has 0 aliphatic heterocycles. The Morgan fingerprint density at radius 2 is 2.33 bits per heavy atom.